The fraction of sp³-hybridized carbons (Fsp3) is 0.250. The Morgan fingerprint density at radius 1 is 0.889 bits per heavy atom. The minimum atomic E-state index is -0.567. The van der Waals surface area contributed by atoms with E-state index in [9.17, 15) is 5.11 Å². The number of rotatable bonds is 4. The van der Waals surface area contributed by atoms with E-state index in [2.05, 4.69) is 19.1 Å². The highest BCUT2D eigenvalue weighted by Gasteiger charge is 2.09. The van der Waals surface area contributed by atoms with Crippen LogP contribution in [-0.4, -0.2) is 5.11 Å². The Labute approximate surface area is 108 Å². The van der Waals surface area contributed by atoms with Crippen molar-refractivity contribution in [3.05, 3.63) is 70.8 Å². The van der Waals surface area contributed by atoms with Crippen molar-refractivity contribution in [1.29, 1.82) is 0 Å². The number of aryl methyl sites for hydroxylation is 1. The van der Waals surface area contributed by atoms with E-state index >= 15 is 0 Å². The van der Waals surface area contributed by atoms with E-state index in [1.54, 1.807) is 0 Å². The van der Waals surface area contributed by atoms with Crippen molar-refractivity contribution in [2.24, 2.45) is 5.73 Å². The SMILES string of the molecule is CCc1ccc(C(O)c2ccc(CN)cc2)cc1. The third-order valence-corrected chi connectivity index (χ3v) is 3.23. The van der Waals surface area contributed by atoms with Crippen LogP contribution < -0.4 is 5.73 Å². The van der Waals surface area contributed by atoms with E-state index in [0.29, 0.717) is 6.54 Å². The van der Waals surface area contributed by atoms with E-state index in [1.807, 2.05) is 36.4 Å². The number of hydrogen-bond acceptors (Lipinski definition) is 2. The van der Waals surface area contributed by atoms with Gasteiger partial charge in [0.15, 0.2) is 0 Å². The second-order valence-corrected chi connectivity index (χ2v) is 4.44. The molecule has 0 aromatic heterocycles. The Bertz CT molecular complexity index is 440. The molecule has 0 aliphatic heterocycles. The summed E-state index contributed by atoms with van der Waals surface area (Å²) in [6, 6.07) is 15.9. The maximum absolute atomic E-state index is 10.3. The molecule has 0 fully saturated rings. The van der Waals surface area contributed by atoms with Crippen molar-refractivity contribution >= 4 is 0 Å². The lowest BCUT2D eigenvalue weighted by Gasteiger charge is -2.12. The summed E-state index contributed by atoms with van der Waals surface area (Å²) in [5, 5.41) is 10.3. The normalized spacial score (nSPS) is 12.4. The van der Waals surface area contributed by atoms with Crippen LogP contribution in [0.4, 0.5) is 0 Å². The molecule has 0 amide bonds. The first-order valence-electron chi connectivity index (χ1n) is 6.30. The van der Waals surface area contributed by atoms with Crippen LogP contribution in [0.3, 0.4) is 0 Å². The highest BCUT2D eigenvalue weighted by Crippen LogP contribution is 2.22. The zero-order valence-corrected chi connectivity index (χ0v) is 10.6. The minimum Gasteiger partial charge on any atom is -0.384 e. The Morgan fingerprint density at radius 2 is 1.33 bits per heavy atom. The van der Waals surface area contributed by atoms with Gasteiger partial charge in [-0.3, -0.25) is 0 Å². The summed E-state index contributed by atoms with van der Waals surface area (Å²) in [6.07, 6.45) is 0.449. The van der Waals surface area contributed by atoms with Gasteiger partial charge in [0.05, 0.1) is 0 Å². The third kappa shape index (κ3) is 2.78. The zero-order valence-electron chi connectivity index (χ0n) is 10.6. The summed E-state index contributed by atoms with van der Waals surface area (Å²) in [5.74, 6) is 0. The second kappa shape index (κ2) is 5.80. The molecule has 18 heavy (non-hydrogen) atoms. The van der Waals surface area contributed by atoms with Crippen molar-refractivity contribution in [3.8, 4) is 0 Å². The van der Waals surface area contributed by atoms with Gasteiger partial charge in [-0.25, -0.2) is 0 Å². The van der Waals surface area contributed by atoms with Gasteiger partial charge in [-0.15, -0.1) is 0 Å². The molecule has 0 heterocycles. The summed E-state index contributed by atoms with van der Waals surface area (Å²) in [7, 11) is 0. The smallest absolute Gasteiger partial charge is 0.104 e. The highest BCUT2D eigenvalue weighted by molar-refractivity contribution is 5.33. The molecular formula is C16H19NO. The van der Waals surface area contributed by atoms with Crippen LogP contribution in [0.2, 0.25) is 0 Å². The van der Waals surface area contributed by atoms with Gasteiger partial charge in [0, 0.05) is 6.54 Å². The largest absolute Gasteiger partial charge is 0.384 e. The van der Waals surface area contributed by atoms with Crippen LogP contribution in [-0.2, 0) is 13.0 Å². The van der Waals surface area contributed by atoms with Crippen LogP contribution in [0.25, 0.3) is 0 Å². The van der Waals surface area contributed by atoms with E-state index in [4.69, 9.17) is 5.73 Å². The molecule has 1 atom stereocenters. The Balaban J connectivity index is 2.20. The summed E-state index contributed by atoms with van der Waals surface area (Å²) in [5.41, 5.74) is 9.74. The first-order valence-corrected chi connectivity index (χ1v) is 6.30. The molecule has 2 aromatic rings. The Hall–Kier alpha value is -1.64. The van der Waals surface area contributed by atoms with Gasteiger partial charge in [-0.1, -0.05) is 55.5 Å². The van der Waals surface area contributed by atoms with E-state index in [1.165, 1.54) is 5.56 Å². The molecular weight excluding hydrogens is 222 g/mol. The van der Waals surface area contributed by atoms with E-state index < -0.39 is 6.10 Å². The molecule has 2 aromatic carbocycles. The molecule has 0 bridgehead atoms. The molecule has 0 saturated carbocycles. The van der Waals surface area contributed by atoms with E-state index in [-0.39, 0.29) is 0 Å². The van der Waals surface area contributed by atoms with Crippen LogP contribution in [0.1, 0.15) is 35.3 Å². The summed E-state index contributed by atoms with van der Waals surface area (Å²) >= 11 is 0. The molecule has 2 heteroatoms. The molecule has 0 spiro atoms. The minimum absolute atomic E-state index is 0.529. The van der Waals surface area contributed by atoms with Crippen molar-refractivity contribution in [1.82, 2.24) is 0 Å². The van der Waals surface area contributed by atoms with Gasteiger partial charge < -0.3 is 10.8 Å². The molecule has 0 aliphatic rings. The predicted octanol–water partition coefficient (Wildman–Crippen LogP) is 2.79. The topological polar surface area (TPSA) is 46.2 Å². The van der Waals surface area contributed by atoms with Gasteiger partial charge in [-0.05, 0) is 28.7 Å². The Morgan fingerprint density at radius 3 is 1.72 bits per heavy atom. The lowest BCUT2D eigenvalue weighted by molar-refractivity contribution is 0.220. The third-order valence-electron chi connectivity index (χ3n) is 3.23. The van der Waals surface area contributed by atoms with E-state index in [0.717, 1.165) is 23.1 Å². The first kappa shape index (κ1) is 12.8. The van der Waals surface area contributed by atoms with Crippen molar-refractivity contribution in [2.75, 3.05) is 0 Å². The summed E-state index contributed by atoms with van der Waals surface area (Å²) < 4.78 is 0. The average molecular weight is 241 g/mol. The maximum Gasteiger partial charge on any atom is 0.104 e. The van der Waals surface area contributed by atoms with Gasteiger partial charge >= 0.3 is 0 Å². The molecule has 2 rings (SSSR count). The second-order valence-electron chi connectivity index (χ2n) is 4.44. The standard InChI is InChI=1S/C16H19NO/c1-2-12-3-7-14(8-4-12)16(18)15-9-5-13(11-17)6-10-15/h3-10,16,18H,2,11,17H2,1H3. The lowest BCUT2D eigenvalue weighted by Crippen LogP contribution is -2.01. The van der Waals surface area contributed by atoms with Gasteiger partial charge in [0.2, 0.25) is 0 Å². The quantitative estimate of drug-likeness (QED) is 0.864. The number of nitrogens with two attached hydrogens (primary N) is 1. The zero-order chi connectivity index (χ0) is 13.0. The summed E-state index contributed by atoms with van der Waals surface area (Å²) in [6.45, 7) is 2.65. The molecule has 94 valence electrons. The fourth-order valence-corrected chi connectivity index (χ4v) is 1.96. The predicted molar refractivity (Wildman–Crippen MR) is 74.2 cm³/mol. The van der Waals surface area contributed by atoms with Crippen LogP contribution in [0.15, 0.2) is 48.5 Å². The number of aliphatic hydroxyl groups excluding tert-OH is 1. The molecule has 3 N–H and O–H groups in total. The van der Waals surface area contributed by atoms with Crippen molar-refractivity contribution in [2.45, 2.75) is 26.0 Å². The fourth-order valence-electron chi connectivity index (χ4n) is 1.96. The number of hydrogen-bond donors (Lipinski definition) is 2. The molecule has 2 nitrogen and oxygen atoms in total. The van der Waals surface area contributed by atoms with Gasteiger partial charge in [0.25, 0.3) is 0 Å². The monoisotopic (exact) mass is 241 g/mol. The van der Waals surface area contributed by atoms with Crippen LogP contribution >= 0.6 is 0 Å². The van der Waals surface area contributed by atoms with Crippen LogP contribution in [0, 0.1) is 0 Å². The molecule has 1 unspecified atom stereocenters. The average Bonchev–Trinajstić information content (AvgIpc) is 2.47. The van der Waals surface area contributed by atoms with Crippen LogP contribution in [0.5, 0.6) is 0 Å². The van der Waals surface area contributed by atoms with Crippen molar-refractivity contribution < 1.29 is 5.11 Å². The number of aliphatic hydroxyl groups is 1. The summed E-state index contributed by atoms with van der Waals surface area (Å²) in [4.78, 5) is 0. The van der Waals surface area contributed by atoms with Gasteiger partial charge in [0.1, 0.15) is 6.10 Å². The maximum atomic E-state index is 10.3. The molecule has 0 aliphatic carbocycles. The highest BCUT2D eigenvalue weighted by atomic mass is 16.3. The first-order chi connectivity index (χ1) is 8.74. The molecule has 0 radical (unpaired) electrons. The van der Waals surface area contributed by atoms with Gasteiger partial charge in [-0.2, -0.15) is 0 Å². The number of benzene rings is 2. The lowest BCUT2D eigenvalue weighted by atomic mass is 9.99. The van der Waals surface area contributed by atoms with Crippen molar-refractivity contribution in [3.63, 3.8) is 0 Å². The molecule has 0 saturated heterocycles. The Kier molecular flexibility index (Phi) is 4.13.